The van der Waals surface area contributed by atoms with Gasteiger partial charge >= 0.3 is 6.09 Å². The molecule has 1 unspecified atom stereocenters. The highest BCUT2D eigenvalue weighted by atomic mass is 32.2. The molecule has 1 heterocycles. The van der Waals surface area contributed by atoms with E-state index in [2.05, 4.69) is 5.32 Å². The molecule has 0 radical (unpaired) electrons. The normalized spacial score (nSPS) is 20.6. The van der Waals surface area contributed by atoms with Gasteiger partial charge in [-0.3, -0.25) is 0 Å². The number of ether oxygens (including phenoxy) is 1. The molecule has 0 aliphatic carbocycles. The summed E-state index contributed by atoms with van der Waals surface area (Å²) < 4.78 is 31.6. The molecule has 0 aromatic rings. The van der Waals surface area contributed by atoms with Crippen molar-refractivity contribution in [1.29, 1.82) is 0 Å². The summed E-state index contributed by atoms with van der Waals surface area (Å²) in [6.07, 6.45) is 3.68. The van der Waals surface area contributed by atoms with Gasteiger partial charge < -0.3 is 10.1 Å². The van der Waals surface area contributed by atoms with Gasteiger partial charge in [0.15, 0.2) is 0 Å². The maximum Gasteiger partial charge on any atom is 0.407 e. The average Bonchev–Trinajstić information content (AvgIpc) is 2.41. The van der Waals surface area contributed by atoms with Gasteiger partial charge in [0.05, 0.1) is 5.75 Å². The lowest BCUT2D eigenvalue weighted by atomic mass is 10.1. The maximum absolute atomic E-state index is 12.4. The van der Waals surface area contributed by atoms with Crippen molar-refractivity contribution in [2.24, 2.45) is 0 Å². The SMILES string of the molecule is CCCCS(=O)(=O)N1CCCCC1CNC(=O)OC(C)(C)C. The minimum atomic E-state index is -3.24. The molecule has 0 bridgehead atoms. The van der Waals surface area contributed by atoms with Crippen LogP contribution in [0.25, 0.3) is 0 Å². The molecule has 1 saturated heterocycles. The quantitative estimate of drug-likeness (QED) is 0.810. The summed E-state index contributed by atoms with van der Waals surface area (Å²) in [5.74, 6) is 0.187. The number of sulfonamides is 1. The average molecular weight is 334 g/mol. The van der Waals surface area contributed by atoms with Gasteiger partial charge in [-0.2, -0.15) is 4.31 Å². The van der Waals surface area contributed by atoms with Crippen LogP contribution in [-0.2, 0) is 14.8 Å². The second kappa shape index (κ2) is 8.15. The molecule has 130 valence electrons. The van der Waals surface area contributed by atoms with Gasteiger partial charge in [0, 0.05) is 19.1 Å². The lowest BCUT2D eigenvalue weighted by molar-refractivity contribution is 0.0512. The fourth-order valence-electron chi connectivity index (χ4n) is 2.50. The van der Waals surface area contributed by atoms with E-state index >= 15 is 0 Å². The van der Waals surface area contributed by atoms with E-state index in [0.29, 0.717) is 19.5 Å². The van der Waals surface area contributed by atoms with Crippen LogP contribution in [0.3, 0.4) is 0 Å². The number of nitrogens with zero attached hydrogens (tertiary/aromatic N) is 1. The molecule has 0 saturated carbocycles. The molecular weight excluding hydrogens is 304 g/mol. The number of hydrogen-bond acceptors (Lipinski definition) is 4. The van der Waals surface area contributed by atoms with Crippen LogP contribution in [0.1, 0.15) is 59.8 Å². The van der Waals surface area contributed by atoms with Crippen molar-refractivity contribution in [3.63, 3.8) is 0 Å². The molecule has 6 nitrogen and oxygen atoms in total. The van der Waals surface area contributed by atoms with E-state index in [1.807, 2.05) is 6.92 Å². The predicted molar refractivity (Wildman–Crippen MR) is 87.3 cm³/mol. The monoisotopic (exact) mass is 334 g/mol. The summed E-state index contributed by atoms with van der Waals surface area (Å²) in [7, 11) is -3.24. The van der Waals surface area contributed by atoms with E-state index in [-0.39, 0.29) is 11.8 Å². The molecule has 7 heteroatoms. The number of rotatable bonds is 6. The number of alkyl carbamates (subject to hydrolysis) is 1. The van der Waals surface area contributed by atoms with Crippen molar-refractivity contribution in [2.75, 3.05) is 18.8 Å². The van der Waals surface area contributed by atoms with Gasteiger partial charge in [0.25, 0.3) is 0 Å². The number of carbonyl (C=O) groups is 1. The van der Waals surface area contributed by atoms with Crippen LogP contribution in [0.2, 0.25) is 0 Å². The number of nitrogens with one attached hydrogen (secondary N) is 1. The van der Waals surface area contributed by atoms with E-state index in [4.69, 9.17) is 4.74 Å². The van der Waals surface area contributed by atoms with Crippen molar-refractivity contribution in [3.05, 3.63) is 0 Å². The Morgan fingerprint density at radius 2 is 2.00 bits per heavy atom. The van der Waals surface area contributed by atoms with Crippen LogP contribution in [0, 0.1) is 0 Å². The summed E-state index contributed by atoms with van der Waals surface area (Å²) in [5.41, 5.74) is -0.552. The largest absolute Gasteiger partial charge is 0.444 e. The first-order valence-electron chi connectivity index (χ1n) is 8.12. The van der Waals surface area contributed by atoms with Gasteiger partial charge in [-0.25, -0.2) is 13.2 Å². The second-order valence-electron chi connectivity index (χ2n) is 6.81. The standard InChI is InChI=1S/C15H30N2O4S/c1-5-6-11-22(19,20)17-10-8-7-9-13(17)12-16-14(18)21-15(2,3)4/h13H,5-12H2,1-4H3,(H,16,18). The Balaban J connectivity index is 2.60. The Labute approximate surface area is 134 Å². The Morgan fingerprint density at radius 3 is 2.59 bits per heavy atom. The molecule has 1 atom stereocenters. The Hall–Kier alpha value is -0.820. The number of unbranched alkanes of at least 4 members (excludes halogenated alkanes) is 1. The van der Waals surface area contributed by atoms with E-state index in [9.17, 15) is 13.2 Å². The van der Waals surface area contributed by atoms with Crippen LogP contribution >= 0.6 is 0 Å². The highest BCUT2D eigenvalue weighted by Gasteiger charge is 2.32. The highest BCUT2D eigenvalue weighted by Crippen LogP contribution is 2.21. The highest BCUT2D eigenvalue weighted by molar-refractivity contribution is 7.89. The van der Waals surface area contributed by atoms with Crippen LogP contribution < -0.4 is 5.32 Å². The van der Waals surface area contributed by atoms with E-state index < -0.39 is 21.7 Å². The molecule has 1 rings (SSSR count). The van der Waals surface area contributed by atoms with E-state index in [0.717, 1.165) is 25.7 Å². The molecule has 1 aliphatic rings. The van der Waals surface area contributed by atoms with Crippen molar-refractivity contribution in [1.82, 2.24) is 9.62 Å². The Bertz CT molecular complexity index is 457. The number of piperidine rings is 1. The molecule has 1 aliphatic heterocycles. The van der Waals surface area contributed by atoms with Gasteiger partial charge in [0.1, 0.15) is 5.60 Å². The molecule has 1 fully saturated rings. The molecule has 1 N–H and O–H groups in total. The van der Waals surface area contributed by atoms with Gasteiger partial charge in [-0.15, -0.1) is 0 Å². The fourth-order valence-corrected chi connectivity index (χ4v) is 4.43. The Kier molecular flexibility index (Phi) is 7.12. The number of carbonyl (C=O) groups excluding carboxylic acids is 1. The molecular formula is C15H30N2O4S. The molecule has 1 amide bonds. The van der Waals surface area contributed by atoms with Crippen LogP contribution in [0.4, 0.5) is 4.79 Å². The third-order valence-corrected chi connectivity index (χ3v) is 5.57. The first-order valence-corrected chi connectivity index (χ1v) is 9.73. The molecule has 0 aromatic carbocycles. The minimum Gasteiger partial charge on any atom is -0.444 e. The third kappa shape index (κ3) is 6.52. The van der Waals surface area contributed by atoms with Crippen molar-refractivity contribution < 1.29 is 17.9 Å². The van der Waals surface area contributed by atoms with Crippen molar-refractivity contribution in [2.45, 2.75) is 71.4 Å². The van der Waals surface area contributed by atoms with Crippen LogP contribution in [0.15, 0.2) is 0 Å². The lowest BCUT2D eigenvalue weighted by Crippen LogP contribution is -2.50. The number of amides is 1. The Morgan fingerprint density at radius 1 is 1.32 bits per heavy atom. The van der Waals surface area contributed by atoms with Crippen molar-refractivity contribution in [3.8, 4) is 0 Å². The zero-order valence-electron chi connectivity index (χ0n) is 14.2. The lowest BCUT2D eigenvalue weighted by Gasteiger charge is -2.35. The topological polar surface area (TPSA) is 75.7 Å². The summed E-state index contributed by atoms with van der Waals surface area (Å²) in [5, 5.41) is 2.70. The fraction of sp³-hybridized carbons (Fsp3) is 0.933. The van der Waals surface area contributed by atoms with Gasteiger partial charge in [-0.05, 0) is 40.0 Å². The third-order valence-electron chi connectivity index (χ3n) is 3.57. The summed E-state index contributed by atoms with van der Waals surface area (Å²) in [6, 6.07) is -0.164. The maximum atomic E-state index is 12.4. The first kappa shape index (κ1) is 19.2. The van der Waals surface area contributed by atoms with E-state index in [1.54, 1.807) is 25.1 Å². The van der Waals surface area contributed by atoms with Gasteiger partial charge in [0.2, 0.25) is 10.0 Å². The summed E-state index contributed by atoms with van der Waals surface area (Å²) >= 11 is 0. The van der Waals surface area contributed by atoms with E-state index in [1.165, 1.54) is 0 Å². The van der Waals surface area contributed by atoms with Crippen LogP contribution in [-0.4, -0.2) is 49.3 Å². The smallest absolute Gasteiger partial charge is 0.407 e. The number of hydrogen-bond donors (Lipinski definition) is 1. The molecule has 0 aromatic heterocycles. The second-order valence-corrected chi connectivity index (χ2v) is 8.85. The first-order chi connectivity index (χ1) is 10.2. The van der Waals surface area contributed by atoms with Crippen LogP contribution in [0.5, 0.6) is 0 Å². The van der Waals surface area contributed by atoms with Gasteiger partial charge in [-0.1, -0.05) is 19.8 Å². The zero-order chi connectivity index (χ0) is 16.8. The molecule has 0 spiro atoms. The summed E-state index contributed by atoms with van der Waals surface area (Å²) in [4.78, 5) is 11.7. The summed E-state index contributed by atoms with van der Waals surface area (Å²) in [6.45, 7) is 8.23. The van der Waals surface area contributed by atoms with Crippen molar-refractivity contribution >= 4 is 16.1 Å². The molecule has 22 heavy (non-hydrogen) atoms. The zero-order valence-corrected chi connectivity index (χ0v) is 15.0. The minimum absolute atomic E-state index is 0.164. The predicted octanol–water partition coefficient (Wildman–Crippen LogP) is 2.50.